The first-order chi connectivity index (χ1) is 9.42. The van der Waals surface area contributed by atoms with Crippen LogP contribution in [0.2, 0.25) is 0 Å². The lowest BCUT2D eigenvalue weighted by Crippen LogP contribution is -2.34. The zero-order chi connectivity index (χ0) is 15.2. The van der Waals surface area contributed by atoms with E-state index in [4.69, 9.17) is 10.5 Å². The Hall–Kier alpha value is -1.00. The smallest absolute Gasteiger partial charge is 0.244 e. The Labute approximate surface area is 119 Å². The van der Waals surface area contributed by atoms with Gasteiger partial charge in [0.05, 0.1) is 18.0 Å². The summed E-state index contributed by atoms with van der Waals surface area (Å²) in [4.78, 5) is 2.14. The lowest BCUT2D eigenvalue weighted by atomic mass is 10.4. The minimum Gasteiger partial charge on any atom is -0.383 e. The maximum Gasteiger partial charge on any atom is 0.244 e. The van der Waals surface area contributed by atoms with Crippen LogP contribution in [-0.4, -0.2) is 63.9 Å². The molecule has 0 fully saturated rings. The van der Waals surface area contributed by atoms with Gasteiger partial charge in [-0.2, -0.15) is 5.10 Å². The van der Waals surface area contributed by atoms with Crippen LogP contribution < -0.4 is 10.5 Å². The summed E-state index contributed by atoms with van der Waals surface area (Å²) >= 11 is 0. The lowest BCUT2D eigenvalue weighted by molar-refractivity contribution is 0.162. The molecule has 1 aromatic rings. The zero-order valence-electron chi connectivity index (χ0n) is 12.1. The van der Waals surface area contributed by atoms with Crippen molar-refractivity contribution in [2.24, 2.45) is 5.73 Å². The van der Waals surface area contributed by atoms with Crippen molar-refractivity contribution < 1.29 is 13.2 Å². The van der Waals surface area contributed by atoms with Gasteiger partial charge in [0.15, 0.2) is 0 Å². The van der Waals surface area contributed by atoms with E-state index in [1.165, 1.54) is 0 Å². The normalized spacial score (nSPS) is 12.2. The number of likely N-dealkylation sites (N-methyl/N-ethyl adjacent to an activating group) is 1. The fraction of sp³-hybridized carbons (Fsp3) is 0.727. The molecule has 9 heteroatoms. The largest absolute Gasteiger partial charge is 0.383 e. The van der Waals surface area contributed by atoms with E-state index in [1.807, 2.05) is 11.9 Å². The summed E-state index contributed by atoms with van der Waals surface area (Å²) in [5, 5.41) is 6.53. The second kappa shape index (κ2) is 7.70. The molecule has 0 aromatic carbocycles. The van der Waals surface area contributed by atoms with E-state index in [2.05, 4.69) is 14.9 Å². The number of aryl methyl sites for hydroxylation is 1. The summed E-state index contributed by atoms with van der Waals surface area (Å²) in [6, 6.07) is 0. The van der Waals surface area contributed by atoms with E-state index in [-0.39, 0.29) is 11.4 Å². The number of aromatic amines is 1. The quantitative estimate of drug-likeness (QED) is 0.541. The van der Waals surface area contributed by atoms with E-state index in [0.29, 0.717) is 31.1 Å². The van der Waals surface area contributed by atoms with Crippen molar-refractivity contribution >= 4 is 10.0 Å². The number of methoxy groups -OCH3 is 1. The second-order valence-corrected chi connectivity index (χ2v) is 6.23. The SMILES string of the molecule is COCCN(C)CCNS(=O)(=O)c1c(CN)n[nH]c1C. The van der Waals surface area contributed by atoms with Gasteiger partial charge in [-0.1, -0.05) is 0 Å². The Kier molecular flexibility index (Phi) is 6.56. The standard InChI is InChI=1S/C11H23N5O3S/c1-9-11(10(8-12)15-14-9)20(17,18)13-4-5-16(2)6-7-19-3/h13H,4-8,12H2,1-3H3,(H,14,15). The highest BCUT2D eigenvalue weighted by Crippen LogP contribution is 2.16. The predicted octanol–water partition coefficient (Wildman–Crippen LogP) is -0.967. The second-order valence-electron chi connectivity index (χ2n) is 4.52. The molecule has 0 spiro atoms. The molecule has 0 aliphatic heterocycles. The van der Waals surface area contributed by atoms with Crippen molar-refractivity contribution in [3.63, 3.8) is 0 Å². The van der Waals surface area contributed by atoms with Gasteiger partial charge in [0.2, 0.25) is 10.0 Å². The van der Waals surface area contributed by atoms with Gasteiger partial charge in [0.25, 0.3) is 0 Å². The van der Waals surface area contributed by atoms with Crippen LogP contribution in [0.15, 0.2) is 4.90 Å². The lowest BCUT2D eigenvalue weighted by Gasteiger charge is -2.16. The van der Waals surface area contributed by atoms with Crippen LogP contribution >= 0.6 is 0 Å². The van der Waals surface area contributed by atoms with Crippen LogP contribution in [0, 0.1) is 6.92 Å². The van der Waals surface area contributed by atoms with Crippen LogP contribution in [0.3, 0.4) is 0 Å². The van der Waals surface area contributed by atoms with Gasteiger partial charge in [0, 0.05) is 33.3 Å². The number of nitrogens with two attached hydrogens (primary N) is 1. The molecule has 116 valence electrons. The van der Waals surface area contributed by atoms with Crippen molar-refractivity contribution in [1.82, 2.24) is 19.8 Å². The van der Waals surface area contributed by atoms with Gasteiger partial charge in [-0.25, -0.2) is 13.1 Å². The highest BCUT2D eigenvalue weighted by atomic mass is 32.2. The maximum absolute atomic E-state index is 12.2. The van der Waals surface area contributed by atoms with Crippen molar-refractivity contribution in [3.05, 3.63) is 11.4 Å². The fourth-order valence-electron chi connectivity index (χ4n) is 1.77. The Morgan fingerprint density at radius 1 is 1.45 bits per heavy atom. The third-order valence-electron chi connectivity index (χ3n) is 2.89. The van der Waals surface area contributed by atoms with E-state index >= 15 is 0 Å². The minimum atomic E-state index is -3.59. The molecule has 4 N–H and O–H groups in total. The number of rotatable bonds is 9. The fourth-order valence-corrected chi connectivity index (χ4v) is 3.16. The number of hydrogen-bond acceptors (Lipinski definition) is 6. The molecule has 0 unspecified atom stereocenters. The molecule has 0 radical (unpaired) electrons. The third-order valence-corrected chi connectivity index (χ3v) is 4.55. The number of ether oxygens (including phenoxy) is 1. The topological polar surface area (TPSA) is 113 Å². The molecule has 1 aromatic heterocycles. The molecule has 0 bridgehead atoms. The Bertz CT molecular complexity index is 514. The van der Waals surface area contributed by atoms with Crippen LogP contribution in [0.5, 0.6) is 0 Å². The third kappa shape index (κ3) is 4.53. The molecule has 0 atom stereocenters. The molecule has 0 amide bonds. The monoisotopic (exact) mass is 305 g/mol. The molecule has 8 nitrogen and oxygen atoms in total. The van der Waals surface area contributed by atoms with Crippen molar-refractivity contribution in [2.45, 2.75) is 18.4 Å². The van der Waals surface area contributed by atoms with Gasteiger partial charge >= 0.3 is 0 Å². The minimum absolute atomic E-state index is 0.0777. The van der Waals surface area contributed by atoms with Gasteiger partial charge in [0.1, 0.15) is 4.90 Å². The first kappa shape index (κ1) is 17.1. The Morgan fingerprint density at radius 3 is 2.75 bits per heavy atom. The number of H-pyrrole nitrogens is 1. The van der Waals surface area contributed by atoms with E-state index in [9.17, 15) is 8.42 Å². The number of nitrogens with zero attached hydrogens (tertiary/aromatic N) is 2. The molecular formula is C11H23N5O3S. The highest BCUT2D eigenvalue weighted by molar-refractivity contribution is 7.89. The highest BCUT2D eigenvalue weighted by Gasteiger charge is 2.23. The van der Waals surface area contributed by atoms with Crippen LogP contribution in [-0.2, 0) is 21.3 Å². The maximum atomic E-state index is 12.2. The molecule has 0 saturated carbocycles. The Morgan fingerprint density at radius 2 is 2.15 bits per heavy atom. The van der Waals surface area contributed by atoms with Crippen LogP contribution in [0.1, 0.15) is 11.4 Å². The molecule has 1 rings (SSSR count). The number of sulfonamides is 1. The van der Waals surface area contributed by atoms with Gasteiger partial charge in [-0.05, 0) is 14.0 Å². The summed E-state index contributed by atoms with van der Waals surface area (Å²) < 4.78 is 32.0. The number of hydrogen-bond donors (Lipinski definition) is 3. The summed E-state index contributed by atoms with van der Waals surface area (Å²) in [7, 11) is -0.0522. The molecule has 20 heavy (non-hydrogen) atoms. The molecular weight excluding hydrogens is 282 g/mol. The van der Waals surface area contributed by atoms with Crippen molar-refractivity contribution in [2.75, 3.05) is 40.4 Å². The van der Waals surface area contributed by atoms with E-state index in [1.54, 1.807) is 14.0 Å². The average molecular weight is 305 g/mol. The Balaban J connectivity index is 2.60. The van der Waals surface area contributed by atoms with Crippen LogP contribution in [0.25, 0.3) is 0 Å². The summed E-state index contributed by atoms with van der Waals surface area (Å²) in [6.45, 7) is 4.01. The molecule has 1 heterocycles. The first-order valence-electron chi connectivity index (χ1n) is 6.33. The first-order valence-corrected chi connectivity index (χ1v) is 7.81. The number of aromatic nitrogens is 2. The van der Waals surface area contributed by atoms with Gasteiger partial charge in [-0.3, -0.25) is 5.10 Å². The van der Waals surface area contributed by atoms with Gasteiger partial charge in [-0.15, -0.1) is 0 Å². The van der Waals surface area contributed by atoms with E-state index in [0.717, 1.165) is 6.54 Å². The number of nitrogens with one attached hydrogen (secondary N) is 2. The zero-order valence-corrected chi connectivity index (χ0v) is 13.0. The van der Waals surface area contributed by atoms with E-state index < -0.39 is 10.0 Å². The van der Waals surface area contributed by atoms with Crippen molar-refractivity contribution in [1.29, 1.82) is 0 Å². The summed E-state index contributed by atoms with van der Waals surface area (Å²) in [5.74, 6) is 0. The summed E-state index contributed by atoms with van der Waals surface area (Å²) in [6.07, 6.45) is 0. The predicted molar refractivity (Wildman–Crippen MR) is 75.8 cm³/mol. The molecule has 0 aliphatic carbocycles. The summed E-state index contributed by atoms with van der Waals surface area (Å²) in [5.41, 5.74) is 6.34. The van der Waals surface area contributed by atoms with Crippen molar-refractivity contribution in [3.8, 4) is 0 Å². The van der Waals surface area contributed by atoms with Gasteiger partial charge < -0.3 is 15.4 Å². The molecule has 0 aliphatic rings. The molecule has 0 saturated heterocycles. The average Bonchev–Trinajstić information content (AvgIpc) is 2.78. The van der Waals surface area contributed by atoms with Crippen LogP contribution in [0.4, 0.5) is 0 Å².